The molecule has 2 N–H and O–H groups in total. The predicted octanol–water partition coefficient (Wildman–Crippen LogP) is 2.98. The zero-order chi connectivity index (χ0) is 18.6. The van der Waals surface area contributed by atoms with Gasteiger partial charge in [0.2, 0.25) is 10.0 Å². The van der Waals surface area contributed by atoms with Crippen LogP contribution in [0.25, 0.3) is 0 Å². The Hall–Kier alpha value is -2.45. The molecular formula is C16H17ClN2O5S. The summed E-state index contributed by atoms with van der Waals surface area (Å²) in [6, 6.07) is 9.18. The van der Waals surface area contributed by atoms with Crippen LogP contribution in [0, 0.1) is 0 Å². The molecule has 2 aromatic rings. The molecule has 25 heavy (non-hydrogen) atoms. The van der Waals surface area contributed by atoms with Gasteiger partial charge in [-0.1, -0.05) is 11.6 Å². The third-order valence-electron chi connectivity index (χ3n) is 3.17. The second kappa shape index (κ2) is 7.62. The van der Waals surface area contributed by atoms with Crippen molar-refractivity contribution in [3.8, 4) is 11.5 Å². The number of sulfonamides is 1. The van der Waals surface area contributed by atoms with E-state index in [0.29, 0.717) is 17.2 Å². The molecule has 0 radical (unpaired) electrons. The van der Waals surface area contributed by atoms with Crippen molar-refractivity contribution in [2.45, 2.75) is 0 Å². The van der Waals surface area contributed by atoms with Crippen LogP contribution in [0.15, 0.2) is 36.4 Å². The molecule has 7 nitrogen and oxygen atoms in total. The first-order chi connectivity index (χ1) is 11.7. The first-order valence-electron chi connectivity index (χ1n) is 7.04. The van der Waals surface area contributed by atoms with Crippen molar-refractivity contribution in [2.75, 3.05) is 30.5 Å². The first-order valence-corrected chi connectivity index (χ1v) is 9.31. The van der Waals surface area contributed by atoms with Crippen molar-refractivity contribution < 1.29 is 22.7 Å². The van der Waals surface area contributed by atoms with Crippen LogP contribution in [0.2, 0.25) is 5.02 Å². The Morgan fingerprint density at radius 2 is 1.80 bits per heavy atom. The van der Waals surface area contributed by atoms with E-state index in [4.69, 9.17) is 21.1 Å². The Morgan fingerprint density at radius 1 is 1.08 bits per heavy atom. The molecule has 0 aliphatic carbocycles. The van der Waals surface area contributed by atoms with Crippen LogP contribution in [0.3, 0.4) is 0 Å². The molecule has 0 aromatic heterocycles. The average Bonchev–Trinajstić information content (AvgIpc) is 2.55. The van der Waals surface area contributed by atoms with Gasteiger partial charge in [0.05, 0.1) is 36.7 Å². The number of carbonyl (C=O) groups is 1. The summed E-state index contributed by atoms with van der Waals surface area (Å²) in [5, 5.41) is 2.86. The minimum atomic E-state index is -3.47. The van der Waals surface area contributed by atoms with E-state index in [0.717, 1.165) is 6.26 Å². The van der Waals surface area contributed by atoms with Gasteiger partial charge in [0.25, 0.3) is 5.91 Å². The number of methoxy groups -OCH3 is 2. The highest BCUT2D eigenvalue weighted by atomic mass is 35.5. The highest BCUT2D eigenvalue weighted by Gasteiger charge is 2.15. The average molecular weight is 385 g/mol. The number of nitrogens with one attached hydrogen (secondary N) is 2. The lowest BCUT2D eigenvalue weighted by Crippen LogP contribution is -2.15. The van der Waals surface area contributed by atoms with Gasteiger partial charge in [0.15, 0.2) is 0 Å². The lowest BCUT2D eigenvalue weighted by molar-refractivity contribution is 0.102. The van der Waals surface area contributed by atoms with Gasteiger partial charge in [-0.3, -0.25) is 9.52 Å². The standard InChI is InChI=1S/C16H17ClN2O5S/c1-23-11-5-7-14(15(9-11)24-2)18-16(20)12-8-10(4-6-13(12)17)19-25(3,21)22/h4-9,19H,1-3H3,(H,18,20). The summed E-state index contributed by atoms with van der Waals surface area (Å²) < 4.78 is 35.3. The number of ether oxygens (including phenoxy) is 2. The second-order valence-electron chi connectivity index (χ2n) is 5.09. The largest absolute Gasteiger partial charge is 0.497 e. The summed E-state index contributed by atoms with van der Waals surface area (Å²) in [6.07, 6.45) is 1.02. The fourth-order valence-corrected chi connectivity index (χ4v) is 2.83. The van der Waals surface area contributed by atoms with E-state index < -0.39 is 15.9 Å². The topological polar surface area (TPSA) is 93.7 Å². The third-order valence-corrected chi connectivity index (χ3v) is 4.11. The van der Waals surface area contributed by atoms with Gasteiger partial charge in [-0.2, -0.15) is 0 Å². The molecule has 0 unspecified atom stereocenters. The molecule has 0 spiro atoms. The van der Waals surface area contributed by atoms with E-state index in [1.54, 1.807) is 18.2 Å². The van der Waals surface area contributed by atoms with E-state index >= 15 is 0 Å². The van der Waals surface area contributed by atoms with Gasteiger partial charge in [0, 0.05) is 11.8 Å². The zero-order valence-corrected chi connectivity index (χ0v) is 15.4. The van der Waals surface area contributed by atoms with E-state index in [1.807, 2.05) is 0 Å². The molecule has 2 aromatic carbocycles. The fourth-order valence-electron chi connectivity index (χ4n) is 2.07. The number of rotatable bonds is 6. The zero-order valence-electron chi connectivity index (χ0n) is 13.8. The molecular weight excluding hydrogens is 368 g/mol. The molecule has 0 aliphatic heterocycles. The van der Waals surface area contributed by atoms with Gasteiger partial charge < -0.3 is 14.8 Å². The Bertz CT molecular complexity index is 899. The molecule has 2 rings (SSSR count). The molecule has 1 amide bonds. The lowest BCUT2D eigenvalue weighted by atomic mass is 10.1. The molecule has 134 valence electrons. The first kappa shape index (κ1) is 18.9. The smallest absolute Gasteiger partial charge is 0.257 e. The normalized spacial score (nSPS) is 10.9. The van der Waals surface area contributed by atoms with Gasteiger partial charge >= 0.3 is 0 Å². The summed E-state index contributed by atoms with van der Waals surface area (Å²) >= 11 is 6.06. The summed E-state index contributed by atoms with van der Waals surface area (Å²) in [6.45, 7) is 0. The summed E-state index contributed by atoms with van der Waals surface area (Å²) in [7, 11) is -0.481. The van der Waals surface area contributed by atoms with Crippen LogP contribution in [-0.2, 0) is 10.0 Å². The molecule has 0 heterocycles. The maximum atomic E-state index is 12.5. The van der Waals surface area contributed by atoms with Gasteiger partial charge in [-0.15, -0.1) is 0 Å². The highest BCUT2D eigenvalue weighted by molar-refractivity contribution is 7.92. The maximum absolute atomic E-state index is 12.5. The van der Waals surface area contributed by atoms with Crippen molar-refractivity contribution in [1.29, 1.82) is 0 Å². The molecule has 0 saturated heterocycles. The van der Waals surface area contributed by atoms with Crippen LogP contribution in [0.1, 0.15) is 10.4 Å². The minimum absolute atomic E-state index is 0.119. The Labute approximate surface area is 151 Å². The Balaban J connectivity index is 2.31. The van der Waals surface area contributed by atoms with Gasteiger partial charge in [0.1, 0.15) is 11.5 Å². The van der Waals surface area contributed by atoms with Crippen molar-refractivity contribution in [3.05, 3.63) is 47.0 Å². The molecule has 0 atom stereocenters. The van der Waals surface area contributed by atoms with E-state index in [-0.39, 0.29) is 16.3 Å². The van der Waals surface area contributed by atoms with Gasteiger partial charge in [-0.25, -0.2) is 8.42 Å². The van der Waals surface area contributed by atoms with Crippen molar-refractivity contribution in [2.24, 2.45) is 0 Å². The van der Waals surface area contributed by atoms with Crippen molar-refractivity contribution in [1.82, 2.24) is 0 Å². The van der Waals surface area contributed by atoms with E-state index in [2.05, 4.69) is 10.0 Å². The van der Waals surface area contributed by atoms with Gasteiger partial charge in [-0.05, 0) is 30.3 Å². The molecule has 9 heteroatoms. The second-order valence-corrected chi connectivity index (χ2v) is 7.24. The van der Waals surface area contributed by atoms with Crippen molar-refractivity contribution in [3.63, 3.8) is 0 Å². The molecule has 0 saturated carbocycles. The van der Waals surface area contributed by atoms with E-state index in [1.165, 1.54) is 32.4 Å². The quantitative estimate of drug-likeness (QED) is 0.798. The van der Waals surface area contributed by atoms with Crippen LogP contribution in [-0.4, -0.2) is 34.8 Å². The van der Waals surface area contributed by atoms with Crippen LogP contribution in [0.4, 0.5) is 11.4 Å². The van der Waals surface area contributed by atoms with Crippen LogP contribution < -0.4 is 19.5 Å². The summed E-state index contributed by atoms with van der Waals surface area (Å²) in [5.74, 6) is 0.479. The minimum Gasteiger partial charge on any atom is -0.497 e. The Morgan fingerprint density at radius 3 is 2.40 bits per heavy atom. The third kappa shape index (κ3) is 5.01. The van der Waals surface area contributed by atoms with Crippen molar-refractivity contribution >= 4 is 38.9 Å². The number of hydrogen-bond donors (Lipinski definition) is 2. The number of carbonyl (C=O) groups excluding carboxylic acids is 1. The maximum Gasteiger partial charge on any atom is 0.257 e. The molecule has 0 bridgehead atoms. The molecule has 0 fully saturated rings. The Kier molecular flexibility index (Phi) is 5.76. The lowest BCUT2D eigenvalue weighted by Gasteiger charge is -2.13. The SMILES string of the molecule is COc1ccc(NC(=O)c2cc(NS(C)(=O)=O)ccc2Cl)c(OC)c1. The highest BCUT2D eigenvalue weighted by Crippen LogP contribution is 2.30. The number of hydrogen-bond acceptors (Lipinski definition) is 5. The summed E-state index contributed by atoms with van der Waals surface area (Å²) in [5.41, 5.74) is 0.776. The number of amides is 1. The monoisotopic (exact) mass is 384 g/mol. The van der Waals surface area contributed by atoms with Crippen LogP contribution in [0.5, 0.6) is 11.5 Å². The number of benzene rings is 2. The summed E-state index contributed by atoms with van der Waals surface area (Å²) in [4.78, 5) is 12.5. The number of anilines is 2. The van der Waals surface area contributed by atoms with E-state index in [9.17, 15) is 13.2 Å². The molecule has 0 aliphatic rings. The fraction of sp³-hybridized carbons (Fsp3) is 0.188. The predicted molar refractivity (Wildman–Crippen MR) is 97.4 cm³/mol. The van der Waals surface area contributed by atoms with Crippen LogP contribution >= 0.6 is 11.6 Å². The number of halogens is 1.